The highest BCUT2D eigenvalue weighted by molar-refractivity contribution is 7.90. The fourth-order valence-corrected chi connectivity index (χ4v) is 3.10. The molecule has 2 N–H and O–H groups in total. The Morgan fingerprint density at radius 3 is 2.48 bits per heavy atom. The summed E-state index contributed by atoms with van der Waals surface area (Å²) >= 11 is 0. The van der Waals surface area contributed by atoms with Crippen LogP contribution in [0.2, 0.25) is 0 Å². The number of benzene rings is 1. The zero-order chi connectivity index (χ0) is 15.8. The Morgan fingerprint density at radius 1 is 1.33 bits per heavy atom. The van der Waals surface area contributed by atoms with Gasteiger partial charge in [-0.05, 0) is 31.5 Å². The first kappa shape index (κ1) is 15.2. The second-order valence-corrected chi connectivity index (χ2v) is 6.92. The van der Waals surface area contributed by atoms with Crippen LogP contribution in [-0.4, -0.2) is 25.7 Å². The van der Waals surface area contributed by atoms with Gasteiger partial charge < -0.3 is 10.3 Å². The number of carbonyl (C=O) groups excluding carboxylic acids is 1. The zero-order valence-corrected chi connectivity index (χ0v) is 12.8. The molecule has 0 fully saturated rings. The molecule has 2 aromatic rings. The van der Waals surface area contributed by atoms with Gasteiger partial charge in [-0.15, -0.1) is 0 Å². The first-order chi connectivity index (χ1) is 9.70. The molecule has 0 radical (unpaired) electrons. The summed E-state index contributed by atoms with van der Waals surface area (Å²) in [4.78, 5) is 11.3. The normalized spacial score (nSPS) is 11.6. The number of rotatable bonds is 4. The Bertz CT molecular complexity index is 787. The first-order valence-electron chi connectivity index (χ1n) is 6.24. The molecule has 112 valence electrons. The maximum atomic E-state index is 11.9. The molecule has 2 rings (SSSR count). The minimum Gasteiger partial charge on any atom is -0.366 e. The quantitative estimate of drug-likeness (QED) is 0.919. The van der Waals surface area contributed by atoms with E-state index in [1.807, 2.05) is 0 Å². The van der Waals surface area contributed by atoms with Crippen LogP contribution in [0.3, 0.4) is 0 Å². The molecule has 0 aliphatic heterocycles. The Balaban J connectivity index is 2.56. The number of sulfone groups is 1. The summed E-state index contributed by atoms with van der Waals surface area (Å²) in [6.07, 6.45) is 1.46. The number of hydrogen-bond acceptors (Lipinski definition) is 5. The van der Waals surface area contributed by atoms with E-state index in [4.69, 9.17) is 10.3 Å². The van der Waals surface area contributed by atoms with Crippen LogP contribution in [-0.2, 0) is 16.3 Å². The van der Waals surface area contributed by atoms with Gasteiger partial charge in [0.05, 0.1) is 10.6 Å². The van der Waals surface area contributed by atoms with Crippen LogP contribution in [0.1, 0.15) is 32.9 Å². The number of nitrogens with two attached hydrogens (primary N) is 1. The molecule has 1 aromatic heterocycles. The van der Waals surface area contributed by atoms with Gasteiger partial charge in [0.1, 0.15) is 5.76 Å². The summed E-state index contributed by atoms with van der Waals surface area (Å²) in [6, 6.07) is 4.43. The fraction of sp³-hybridized carbons (Fsp3) is 0.286. The molecule has 0 bridgehead atoms. The van der Waals surface area contributed by atoms with Gasteiger partial charge in [-0.2, -0.15) is 0 Å². The summed E-state index contributed by atoms with van der Waals surface area (Å²) < 4.78 is 29.0. The van der Waals surface area contributed by atoms with Gasteiger partial charge in [0.15, 0.2) is 9.84 Å². The molecule has 1 aromatic carbocycles. The van der Waals surface area contributed by atoms with Crippen LogP contribution in [0.4, 0.5) is 0 Å². The number of carbonyl (C=O) groups is 1. The third-order valence-corrected chi connectivity index (χ3v) is 4.48. The van der Waals surface area contributed by atoms with Gasteiger partial charge in [-0.3, -0.25) is 4.79 Å². The predicted octanol–water partition coefficient (Wildman–Crippen LogP) is 1.38. The molecule has 0 aliphatic rings. The molecular formula is C14H16N2O4S. The molecule has 0 unspecified atom stereocenters. The van der Waals surface area contributed by atoms with E-state index >= 15 is 0 Å². The third kappa shape index (κ3) is 3.13. The number of hydrogen-bond donors (Lipinski definition) is 1. The Morgan fingerprint density at radius 2 is 2.00 bits per heavy atom. The molecule has 0 atom stereocenters. The van der Waals surface area contributed by atoms with Crippen molar-refractivity contribution in [1.82, 2.24) is 5.16 Å². The highest BCUT2D eigenvalue weighted by atomic mass is 32.2. The van der Waals surface area contributed by atoms with Crippen molar-refractivity contribution in [3.8, 4) is 0 Å². The van der Waals surface area contributed by atoms with Gasteiger partial charge >= 0.3 is 0 Å². The Labute approximate surface area is 122 Å². The maximum absolute atomic E-state index is 11.9. The topological polar surface area (TPSA) is 103 Å². The summed E-state index contributed by atoms with van der Waals surface area (Å²) in [5, 5.41) is 3.85. The second-order valence-electron chi connectivity index (χ2n) is 4.94. The molecule has 7 heteroatoms. The molecule has 0 spiro atoms. The largest absolute Gasteiger partial charge is 0.366 e. The monoisotopic (exact) mass is 308 g/mol. The van der Waals surface area contributed by atoms with Gasteiger partial charge in [0.25, 0.3) is 0 Å². The average molecular weight is 308 g/mol. The minimum atomic E-state index is -3.48. The van der Waals surface area contributed by atoms with Gasteiger partial charge in [-0.25, -0.2) is 8.42 Å². The SMILES string of the molecule is Cc1noc(C)c1Cc1ccc(C(N)=O)cc1S(C)(=O)=O. The summed E-state index contributed by atoms with van der Waals surface area (Å²) in [5.74, 6) is -0.0188. The Hall–Kier alpha value is -2.15. The smallest absolute Gasteiger partial charge is 0.248 e. The number of primary amides is 1. The molecule has 0 aliphatic carbocycles. The number of aryl methyl sites for hydroxylation is 2. The molecule has 0 saturated heterocycles. The minimum absolute atomic E-state index is 0.0961. The van der Waals surface area contributed by atoms with Crippen LogP contribution >= 0.6 is 0 Å². The third-order valence-electron chi connectivity index (χ3n) is 3.30. The highest BCUT2D eigenvalue weighted by Gasteiger charge is 2.18. The lowest BCUT2D eigenvalue weighted by atomic mass is 10.0. The standard InChI is InChI=1S/C14H16N2O4S/c1-8-12(9(2)20-16-8)6-10-4-5-11(14(15)17)7-13(10)21(3,18)19/h4-5,7H,6H2,1-3H3,(H2,15,17). The molecule has 21 heavy (non-hydrogen) atoms. The highest BCUT2D eigenvalue weighted by Crippen LogP contribution is 2.24. The van der Waals surface area contributed by atoms with Crippen molar-refractivity contribution in [2.45, 2.75) is 25.2 Å². The summed E-state index contributed by atoms with van der Waals surface area (Å²) in [6.45, 7) is 3.57. The molecule has 1 heterocycles. The van der Waals surface area contributed by atoms with Gasteiger partial charge in [-0.1, -0.05) is 11.2 Å². The first-order valence-corrected chi connectivity index (χ1v) is 8.14. The van der Waals surface area contributed by atoms with Crippen LogP contribution < -0.4 is 5.73 Å². The maximum Gasteiger partial charge on any atom is 0.248 e. The van der Waals surface area contributed by atoms with Crippen LogP contribution in [0.15, 0.2) is 27.6 Å². The van der Waals surface area contributed by atoms with Gasteiger partial charge in [0, 0.05) is 23.8 Å². The predicted molar refractivity (Wildman–Crippen MR) is 76.9 cm³/mol. The summed E-state index contributed by atoms with van der Waals surface area (Å²) in [7, 11) is -3.48. The van der Waals surface area contributed by atoms with E-state index in [1.165, 1.54) is 12.1 Å². The van der Waals surface area contributed by atoms with Crippen LogP contribution in [0, 0.1) is 13.8 Å². The van der Waals surface area contributed by atoms with E-state index in [1.54, 1.807) is 19.9 Å². The number of nitrogens with zero attached hydrogens (tertiary/aromatic N) is 1. The average Bonchev–Trinajstić information content (AvgIpc) is 2.69. The van der Waals surface area contributed by atoms with E-state index in [-0.39, 0.29) is 10.5 Å². The van der Waals surface area contributed by atoms with Crippen molar-refractivity contribution in [3.05, 3.63) is 46.3 Å². The molecular weight excluding hydrogens is 292 g/mol. The zero-order valence-electron chi connectivity index (χ0n) is 12.0. The van der Waals surface area contributed by atoms with Crippen molar-refractivity contribution < 1.29 is 17.7 Å². The van der Waals surface area contributed by atoms with E-state index in [0.29, 0.717) is 23.4 Å². The Kier molecular flexibility index (Phi) is 3.87. The molecule has 1 amide bonds. The fourth-order valence-electron chi connectivity index (χ4n) is 2.14. The van der Waals surface area contributed by atoms with Crippen molar-refractivity contribution in [3.63, 3.8) is 0 Å². The molecule has 0 saturated carbocycles. The van der Waals surface area contributed by atoms with E-state index in [9.17, 15) is 13.2 Å². The van der Waals surface area contributed by atoms with E-state index < -0.39 is 15.7 Å². The van der Waals surface area contributed by atoms with Crippen molar-refractivity contribution in [2.24, 2.45) is 5.73 Å². The lowest BCUT2D eigenvalue weighted by molar-refractivity contribution is 0.1000. The van der Waals surface area contributed by atoms with Crippen molar-refractivity contribution >= 4 is 15.7 Å². The number of aromatic nitrogens is 1. The van der Waals surface area contributed by atoms with Gasteiger partial charge in [0.2, 0.25) is 5.91 Å². The second kappa shape index (κ2) is 5.33. The van der Waals surface area contributed by atoms with Crippen LogP contribution in [0.25, 0.3) is 0 Å². The summed E-state index contributed by atoms with van der Waals surface area (Å²) in [5.41, 5.74) is 7.50. The van der Waals surface area contributed by atoms with Crippen molar-refractivity contribution in [1.29, 1.82) is 0 Å². The lowest BCUT2D eigenvalue weighted by Gasteiger charge is -2.09. The number of amides is 1. The lowest BCUT2D eigenvalue weighted by Crippen LogP contribution is -2.13. The van der Waals surface area contributed by atoms with Crippen LogP contribution in [0.5, 0.6) is 0 Å². The van der Waals surface area contributed by atoms with Crippen molar-refractivity contribution in [2.75, 3.05) is 6.26 Å². The molecule has 6 nitrogen and oxygen atoms in total. The van der Waals surface area contributed by atoms with E-state index in [0.717, 1.165) is 11.8 Å². The van der Waals surface area contributed by atoms with E-state index in [2.05, 4.69) is 5.16 Å².